The molecule has 0 amide bonds. The average molecular weight is 260 g/mol. The van der Waals surface area contributed by atoms with E-state index in [1.54, 1.807) is 0 Å². The lowest BCUT2D eigenvalue weighted by Crippen LogP contribution is -2.41. The molecule has 1 aromatic carbocycles. The monoisotopic (exact) mass is 260 g/mol. The Bertz CT molecular complexity index is 462. The summed E-state index contributed by atoms with van der Waals surface area (Å²) in [5, 5.41) is 0. The molecule has 2 heterocycles. The molecule has 104 valence electrons. The predicted octanol–water partition coefficient (Wildman–Crippen LogP) is 3.05. The van der Waals surface area contributed by atoms with Gasteiger partial charge in [-0.15, -0.1) is 0 Å². The maximum absolute atomic E-state index is 6.07. The van der Waals surface area contributed by atoms with E-state index in [2.05, 4.69) is 30.9 Å². The number of para-hydroxylation sites is 2. The van der Waals surface area contributed by atoms with Gasteiger partial charge in [-0.3, -0.25) is 0 Å². The predicted molar refractivity (Wildman–Crippen MR) is 79.4 cm³/mol. The van der Waals surface area contributed by atoms with Gasteiger partial charge >= 0.3 is 0 Å². The summed E-state index contributed by atoms with van der Waals surface area (Å²) in [6.45, 7) is 7.53. The number of hydrogen-bond donors (Lipinski definition) is 1. The van der Waals surface area contributed by atoms with E-state index in [9.17, 15) is 0 Å². The third kappa shape index (κ3) is 2.44. The van der Waals surface area contributed by atoms with Crippen molar-refractivity contribution in [3.63, 3.8) is 0 Å². The van der Waals surface area contributed by atoms with Crippen LogP contribution in [0, 0.1) is 5.41 Å². The quantitative estimate of drug-likeness (QED) is 0.789. The second kappa shape index (κ2) is 4.41. The second-order valence-electron chi connectivity index (χ2n) is 6.77. The Labute approximate surface area is 115 Å². The molecule has 0 atom stereocenters. The van der Waals surface area contributed by atoms with Crippen LogP contribution in [0.5, 0.6) is 0 Å². The first-order chi connectivity index (χ1) is 9.00. The molecule has 19 heavy (non-hydrogen) atoms. The van der Waals surface area contributed by atoms with Gasteiger partial charge in [0.2, 0.25) is 0 Å². The van der Waals surface area contributed by atoms with Crippen molar-refractivity contribution in [2.75, 3.05) is 30.3 Å². The third-order valence-electron chi connectivity index (χ3n) is 4.67. The van der Waals surface area contributed by atoms with Crippen LogP contribution in [0.25, 0.3) is 0 Å². The van der Waals surface area contributed by atoms with Crippen LogP contribution in [0.4, 0.5) is 11.4 Å². The van der Waals surface area contributed by atoms with Gasteiger partial charge in [-0.1, -0.05) is 12.1 Å². The Morgan fingerprint density at radius 1 is 1.16 bits per heavy atom. The van der Waals surface area contributed by atoms with E-state index in [1.807, 2.05) is 12.1 Å². The fourth-order valence-electron chi connectivity index (χ4n) is 3.67. The Balaban J connectivity index is 1.69. The summed E-state index contributed by atoms with van der Waals surface area (Å²) in [4.78, 5) is 2.42. The van der Waals surface area contributed by atoms with Gasteiger partial charge in [0.15, 0.2) is 0 Å². The van der Waals surface area contributed by atoms with Gasteiger partial charge in [-0.25, -0.2) is 0 Å². The van der Waals surface area contributed by atoms with Crippen LogP contribution in [-0.4, -0.2) is 25.3 Å². The molecule has 0 unspecified atom stereocenters. The van der Waals surface area contributed by atoms with E-state index in [0.717, 1.165) is 25.4 Å². The van der Waals surface area contributed by atoms with Crippen LogP contribution in [0.2, 0.25) is 0 Å². The topological polar surface area (TPSA) is 38.5 Å². The number of ether oxygens (including phenoxy) is 1. The van der Waals surface area contributed by atoms with Crippen LogP contribution in [-0.2, 0) is 4.74 Å². The van der Waals surface area contributed by atoms with Crippen LogP contribution in [0.1, 0.15) is 33.1 Å². The summed E-state index contributed by atoms with van der Waals surface area (Å²) >= 11 is 0. The van der Waals surface area contributed by atoms with Crippen molar-refractivity contribution in [3.05, 3.63) is 24.3 Å². The van der Waals surface area contributed by atoms with Crippen molar-refractivity contribution in [2.45, 2.75) is 38.7 Å². The molecule has 3 nitrogen and oxygen atoms in total. The van der Waals surface area contributed by atoms with Crippen LogP contribution < -0.4 is 10.6 Å². The summed E-state index contributed by atoms with van der Waals surface area (Å²) < 4.78 is 5.96. The lowest BCUT2D eigenvalue weighted by molar-refractivity contribution is 0.0295. The second-order valence-corrected chi connectivity index (χ2v) is 6.77. The van der Waals surface area contributed by atoms with Crippen LogP contribution in [0.3, 0.4) is 0 Å². The zero-order chi connectivity index (χ0) is 13.5. The van der Waals surface area contributed by atoms with Crippen molar-refractivity contribution in [2.24, 2.45) is 5.41 Å². The molecule has 3 heteroatoms. The van der Waals surface area contributed by atoms with Gasteiger partial charge in [0.1, 0.15) is 0 Å². The maximum atomic E-state index is 6.07. The highest BCUT2D eigenvalue weighted by molar-refractivity contribution is 5.67. The third-order valence-corrected chi connectivity index (χ3v) is 4.67. The molecule has 0 radical (unpaired) electrons. The van der Waals surface area contributed by atoms with Gasteiger partial charge in [0, 0.05) is 13.1 Å². The molecule has 2 saturated heterocycles. The van der Waals surface area contributed by atoms with Gasteiger partial charge < -0.3 is 15.4 Å². The lowest BCUT2D eigenvalue weighted by Gasteiger charge is -2.40. The SMILES string of the molecule is CC1(C)CC2(CCN(c3ccccc3N)CC2)CO1. The Hall–Kier alpha value is -1.22. The smallest absolute Gasteiger partial charge is 0.0633 e. The number of nitrogen functional groups attached to an aromatic ring is 1. The number of nitrogens with zero attached hydrogens (tertiary/aromatic N) is 1. The van der Waals surface area contributed by atoms with E-state index in [0.29, 0.717) is 5.41 Å². The van der Waals surface area contributed by atoms with Crippen molar-refractivity contribution in [1.29, 1.82) is 0 Å². The fourth-order valence-corrected chi connectivity index (χ4v) is 3.67. The number of nitrogens with two attached hydrogens (primary N) is 1. The molecule has 3 rings (SSSR count). The average Bonchev–Trinajstić information content (AvgIpc) is 2.67. The summed E-state index contributed by atoms with van der Waals surface area (Å²) in [5.74, 6) is 0. The van der Waals surface area contributed by atoms with Gasteiger partial charge in [0.25, 0.3) is 0 Å². The van der Waals surface area contributed by atoms with Crippen molar-refractivity contribution in [3.8, 4) is 0 Å². The van der Waals surface area contributed by atoms with Gasteiger partial charge in [0.05, 0.1) is 23.6 Å². The van der Waals surface area contributed by atoms with E-state index >= 15 is 0 Å². The molecular weight excluding hydrogens is 236 g/mol. The Kier molecular flexibility index (Phi) is 2.97. The maximum Gasteiger partial charge on any atom is 0.0633 e. The molecule has 2 aliphatic heterocycles. The number of piperidine rings is 1. The van der Waals surface area contributed by atoms with Crippen molar-refractivity contribution in [1.82, 2.24) is 0 Å². The molecule has 2 fully saturated rings. The number of rotatable bonds is 1. The van der Waals surface area contributed by atoms with Crippen LogP contribution >= 0.6 is 0 Å². The van der Waals surface area contributed by atoms with Crippen molar-refractivity contribution < 1.29 is 4.74 Å². The summed E-state index contributed by atoms with van der Waals surface area (Å²) in [7, 11) is 0. The zero-order valence-electron chi connectivity index (χ0n) is 12.0. The van der Waals surface area contributed by atoms with Gasteiger partial charge in [-0.2, -0.15) is 0 Å². The van der Waals surface area contributed by atoms with Crippen LogP contribution in [0.15, 0.2) is 24.3 Å². The lowest BCUT2D eigenvalue weighted by atomic mass is 9.74. The van der Waals surface area contributed by atoms with E-state index in [-0.39, 0.29) is 5.60 Å². The highest BCUT2D eigenvalue weighted by atomic mass is 16.5. The zero-order valence-corrected chi connectivity index (χ0v) is 12.0. The Morgan fingerprint density at radius 2 is 1.84 bits per heavy atom. The summed E-state index contributed by atoms with van der Waals surface area (Å²) in [5.41, 5.74) is 8.62. The number of anilines is 2. The molecule has 2 aliphatic rings. The van der Waals surface area contributed by atoms with Gasteiger partial charge in [-0.05, 0) is 50.7 Å². The minimum Gasteiger partial charge on any atom is -0.397 e. The number of benzene rings is 1. The molecule has 1 spiro atoms. The minimum atomic E-state index is 0.0634. The van der Waals surface area contributed by atoms with E-state index in [1.165, 1.54) is 24.9 Å². The molecule has 2 N–H and O–H groups in total. The highest BCUT2D eigenvalue weighted by Gasteiger charge is 2.45. The molecule has 0 saturated carbocycles. The first-order valence-corrected chi connectivity index (χ1v) is 7.23. The molecule has 0 aliphatic carbocycles. The Morgan fingerprint density at radius 3 is 2.42 bits per heavy atom. The van der Waals surface area contributed by atoms with E-state index < -0.39 is 0 Å². The summed E-state index contributed by atoms with van der Waals surface area (Å²) in [6.07, 6.45) is 3.62. The minimum absolute atomic E-state index is 0.0634. The molecule has 0 aromatic heterocycles. The first kappa shape index (κ1) is 12.8. The largest absolute Gasteiger partial charge is 0.397 e. The standard InChI is InChI=1S/C16H24N2O/c1-15(2)11-16(12-19-15)7-9-18(10-8-16)14-6-4-3-5-13(14)17/h3-6H,7-12,17H2,1-2H3. The molecule has 0 bridgehead atoms. The number of hydrogen-bond acceptors (Lipinski definition) is 3. The summed E-state index contributed by atoms with van der Waals surface area (Å²) in [6, 6.07) is 8.18. The normalized spacial score (nSPS) is 24.8. The van der Waals surface area contributed by atoms with E-state index in [4.69, 9.17) is 10.5 Å². The first-order valence-electron chi connectivity index (χ1n) is 7.23. The highest BCUT2D eigenvalue weighted by Crippen LogP contribution is 2.46. The molecular formula is C16H24N2O. The fraction of sp³-hybridized carbons (Fsp3) is 0.625. The van der Waals surface area contributed by atoms with Crippen molar-refractivity contribution >= 4 is 11.4 Å². The molecule has 1 aromatic rings.